The predicted molar refractivity (Wildman–Crippen MR) is 50.6 cm³/mol. The fourth-order valence-electron chi connectivity index (χ4n) is 0.979. The van der Waals surface area contributed by atoms with Crippen molar-refractivity contribution in [2.75, 3.05) is 5.73 Å². The van der Waals surface area contributed by atoms with Crippen LogP contribution in [0, 0.1) is 11.3 Å². The molecule has 0 aromatic carbocycles. The van der Waals surface area contributed by atoms with Crippen LogP contribution in [0.25, 0.3) is 0 Å². The van der Waals surface area contributed by atoms with Gasteiger partial charge < -0.3 is 5.73 Å². The van der Waals surface area contributed by atoms with E-state index in [0.717, 1.165) is 0 Å². The number of halogens is 3. The van der Waals surface area contributed by atoms with Gasteiger partial charge >= 0.3 is 0 Å². The molecule has 0 saturated heterocycles. The van der Waals surface area contributed by atoms with Crippen LogP contribution >= 0.6 is 15.9 Å². The van der Waals surface area contributed by atoms with Crippen molar-refractivity contribution in [3.05, 3.63) is 21.9 Å². The Kier molecular flexibility index (Phi) is 3.36. The number of pyridine rings is 1. The highest BCUT2D eigenvalue weighted by Crippen LogP contribution is 2.27. The van der Waals surface area contributed by atoms with Gasteiger partial charge in [-0.2, -0.15) is 5.26 Å². The van der Waals surface area contributed by atoms with Crippen LogP contribution in [0.5, 0.6) is 0 Å². The van der Waals surface area contributed by atoms with E-state index in [4.69, 9.17) is 11.0 Å². The van der Waals surface area contributed by atoms with Crippen molar-refractivity contribution in [3.8, 4) is 6.07 Å². The van der Waals surface area contributed by atoms with Gasteiger partial charge in [-0.3, -0.25) is 0 Å². The van der Waals surface area contributed by atoms with Crippen LogP contribution in [-0.2, 0) is 6.42 Å². The summed E-state index contributed by atoms with van der Waals surface area (Å²) in [6.07, 6.45) is -2.82. The molecule has 0 aliphatic carbocycles. The maximum Gasteiger partial charge on any atom is 0.280 e. The van der Waals surface area contributed by atoms with Crippen LogP contribution in [0.4, 0.5) is 14.5 Å². The molecule has 0 saturated carbocycles. The van der Waals surface area contributed by atoms with Crippen LogP contribution in [0.15, 0.2) is 10.7 Å². The standard InChI is InChI=1S/C8H6BrF2N3/c9-7-5(13)3-4(1-2-12)6(14-7)8(10)11/h3,8H,1,13H2. The Morgan fingerprint density at radius 1 is 1.64 bits per heavy atom. The first-order valence-electron chi connectivity index (χ1n) is 3.66. The van der Waals surface area contributed by atoms with E-state index < -0.39 is 12.1 Å². The summed E-state index contributed by atoms with van der Waals surface area (Å²) in [6, 6.07) is 3.12. The predicted octanol–water partition coefficient (Wildman–Crippen LogP) is 2.43. The second-order valence-corrected chi connectivity index (χ2v) is 3.30. The lowest BCUT2D eigenvalue weighted by atomic mass is 10.1. The molecule has 0 unspecified atom stereocenters. The lowest BCUT2D eigenvalue weighted by Gasteiger charge is -2.07. The third-order valence-electron chi connectivity index (χ3n) is 1.59. The highest BCUT2D eigenvalue weighted by Gasteiger charge is 2.16. The molecule has 0 spiro atoms. The average Bonchev–Trinajstić information content (AvgIpc) is 2.11. The van der Waals surface area contributed by atoms with Crippen LogP contribution in [0.2, 0.25) is 0 Å². The first-order valence-corrected chi connectivity index (χ1v) is 4.45. The summed E-state index contributed by atoms with van der Waals surface area (Å²) in [7, 11) is 0. The molecule has 0 amide bonds. The summed E-state index contributed by atoms with van der Waals surface area (Å²) in [6.45, 7) is 0. The zero-order chi connectivity index (χ0) is 10.7. The monoisotopic (exact) mass is 261 g/mol. The van der Waals surface area contributed by atoms with Gasteiger partial charge in [-0.15, -0.1) is 0 Å². The number of nitrogens with two attached hydrogens (primary N) is 1. The number of hydrogen-bond donors (Lipinski definition) is 1. The zero-order valence-electron chi connectivity index (χ0n) is 6.97. The molecular formula is C8H6BrF2N3. The SMILES string of the molecule is N#CCc1cc(N)c(Br)nc1C(F)F. The number of rotatable bonds is 2. The van der Waals surface area contributed by atoms with E-state index in [9.17, 15) is 8.78 Å². The molecule has 0 atom stereocenters. The number of anilines is 1. The summed E-state index contributed by atoms with van der Waals surface area (Å²) in [5.74, 6) is 0. The highest BCUT2D eigenvalue weighted by molar-refractivity contribution is 9.10. The first kappa shape index (κ1) is 10.9. The summed E-state index contributed by atoms with van der Waals surface area (Å²) < 4.78 is 25.0. The summed E-state index contributed by atoms with van der Waals surface area (Å²) in [4.78, 5) is 3.58. The van der Waals surface area contributed by atoms with Crippen LogP contribution in [0.3, 0.4) is 0 Å². The lowest BCUT2D eigenvalue weighted by molar-refractivity contribution is 0.145. The van der Waals surface area contributed by atoms with Crippen molar-refractivity contribution in [1.82, 2.24) is 4.98 Å². The minimum atomic E-state index is -2.70. The minimum Gasteiger partial charge on any atom is -0.397 e. The molecule has 0 bridgehead atoms. The third-order valence-corrected chi connectivity index (χ3v) is 2.23. The largest absolute Gasteiger partial charge is 0.397 e. The van der Waals surface area contributed by atoms with E-state index in [1.807, 2.05) is 0 Å². The van der Waals surface area contributed by atoms with Crippen LogP contribution < -0.4 is 5.73 Å². The lowest BCUT2D eigenvalue weighted by Crippen LogP contribution is -2.01. The number of nitrogen functional groups attached to an aromatic ring is 1. The minimum absolute atomic E-state index is 0.121. The molecule has 6 heteroatoms. The van der Waals surface area contributed by atoms with Crippen molar-refractivity contribution < 1.29 is 8.78 Å². The Labute approximate surface area is 87.7 Å². The summed E-state index contributed by atoms with van der Waals surface area (Å²) >= 11 is 2.95. The molecule has 1 heterocycles. The van der Waals surface area contributed by atoms with Gasteiger partial charge in [0.1, 0.15) is 10.3 Å². The van der Waals surface area contributed by atoms with Crippen molar-refractivity contribution in [3.63, 3.8) is 0 Å². The molecule has 0 aliphatic heterocycles. The average molecular weight is 262 g/mol. The van der Waals surface area contributed by atoms with Crippen molar-refractivity contribution in [2.45, 2.75) is 12.8 Å². The van der Waals surface area contributed by atoms with E-state index in [2.05, 4.69) is 20.9 Å². The molecule has 1 aromatic rings. The molecule has 1 rings (SSSR count). The fourth-order valence-corrected chi connectivity index (χ4v) is 1.28. The molecule has 0 aliphatic rings. The molecular weight excluding hydrogens is 256 g/mol. The Balaban J connectivity index is 3.25. The number of alkyl halides is 2. The van der Waals surface area contributed by atoms with Crippen LogP contribution in [0.1, 0.15) is 17.7 Å². The molecule has 0 fully saturated rings. The molecule has 1 aromatic heterocycles. The Morgan fingerprint density at radius 3 is 2.79 bits per heavy atom. The van der Waals surface area contributed by atoms with Gasteiger partial charge in [0.15, 0.2) is 0 Å². The molecule has 74 valence electrons. The Hall–Kier alpha value is -1.22. The number of nitrogens with zero attached hydrogens (tertiary/aromatic N) is 2. The second-order valence-electron chi connectivity index (χ2n) is 2.55. The topological polar surface area (TPSA) is 62.7 Å². The zero-order valence-corrected chi connectivity index (χ0v) is 8.55. The van der Waals surface area contributed by atoms with Gasteiger partial charge in [-0.05, 0) is 27.6 Å². The molecule has 3 nitrogen and oxygen atoms in total. The Bertz CT molecular complexity index is 387. The van der Waals surface area contributed by atoms with E-state index in [-0.39, 0.29) is 22.3 Å². The van der Waals surface area contributed by atoms with Gasteiger partial charge in [0.2, 0.25) is 0 Å². The van der Waals surface area contributed by atoms with Crippen molar-refractivity contribution in [1.29, 1.82) is 5.26 Å². The van der Waals surface area contributed by atoms with E-state index in [1.165, 1.54) is 6.07 Å². The van der Waals surface area contributed by atoms with Gasteiger partial charge in [-0.1, -0.05) is 0 Å². The summed E-state index contributed by atoms with van der Waals surface area (Å²) in [5.41, 5.74) is 5.48. The maximum atomic E-state index is 12.4. The van der Waals surface area contributed by atoms with Gasteiger partial charge in [0, 0.05) is 0 Å². The van der Waals surface area contributed by atoms with Gasteiger partial charge in [0.25, 0.3) is 6.43 Å². The molecule has 0 radical (unpaired) electrons. The quantitative estimate of drug-likeness (QED) is 0.832. The first-order chi connectivity index (χ1) is 6.56. The number of nitriles is 1. The smallest absolute Gasteiger partial charge is 0.280 e. The number of aromatic nitrogens is 1. The molecule has 2 N–H and O–H groups in total. The van der Waals surface area contributed by atoms with Gasteiger partial charge in [-0.25, -0.2) is 13.8 Å². The van der Waals surface area contributed by atoms with Gasteiger partial charge in [0.05, 0.1) is 18.2 Å². The van der Waals surface area contributed by atoms with E-state index >= 15 is 0 Å². The Morgan fingerprint density at radius 2 is 2.29 bits per heavy atom. The number of hydrogen-bond acceptors (Lipinski definition) is 3. The van der Waals surface area contributed by atoms with Crippen molar-refractivity contribution in [2.24, 2.45) is 0 Å². The van der Waals surface area contributed by atoms with Crippen molar-refractivity contribution >= 4 is 21.6 Å². The maximum absolute atomic E-state index is 12.4. The fraction of sp³-hybridized carbons (Fsp3) is 0.250. The molecule has 14 heavy (non-hydrogen) atoms. The van der Waals surface area contributed by atoms with E-state index in [1.54, 1.807) is 6.07 Å². The van der Waals surface area contributed by atoms with E-state index in [0.29, 0.717) is 0 Å². The highest BCUT2D eigenvalue weighted by atomic mass is 79.9. The second kappa shape index (κ2) is 4.33. The third kappa shape index (κ3) is 2.17. The normalized spacial score (nSPS) is 10.2. The van der Waals surface area contributed by atoms with Crippen LogP contribution in [-0.4, -0.2) is 4.98 Å². The summed E-state index contributed by atoms with van der Waals surface area (Å²) in [5, 5.41) is 8.41.